The van der Waals surface area contributed by atoms with E-state index in [0.717, 1.165) is 42.3 Å². The summed E-state index contributed by atoms with van der Waals surface area (Å²) in [5.74, 6) is 1.61. The number of pyridine rings is 1. The van der Waals surface area contributed by atoms with Crippen molar-refractivity contribution in [3.63, 3.8) is 0 Å². The molecule has 0 saturated carbocycles. The van der Waals surface area contributed by atoms with E-state index in [1.54, 1.807) is 14.2 Å². The molecule has 8 nitrogen and oxygen atoms in total. The lowest BCUT2D eigenvalue weighted by molar-refractivity contribution is 0.0629. The number of ether oxygens (including phenoxy) is 2. The van der Waals surface area contributed by atoms with Crippen molar-refractivity contribution < 1.29 is 18.8 Å². The average molecular weight is 473 g/mol. The van der Waals surface area contributed by atoms with Gasteiger partial charge in [-0.2, -0.15) is 0 Å². The van der Waals surface area contributed by atoms with E-state index in [4.69, 9.17) is 14.0 Å². The summed E-state index contributed by atoms with van der Waals surface area (Å²) in [6.45, 7) is 5.33. The van der Waals surface area contributed by atoms with Crippen LogP contribution in [0.15, 0.2) is 59.1 Å². The van der Waals surface area contributed by atoms with Crippen molar-refractivity contribution >= 4 is 17.0 Å². The Morgan fingerprint density at radius 1 is 1.00 bits per heavy atom. The number of carbonyl (C=O) groups is 1. The number of hydrogen-bond donors (Lipinski definition) is 0. The van der Waals surface area contributed by atoms with Gasteiger partial charge in [-0.25, -0.2) is 4.98 Å². The molecule has 35 heavy (non-hydrogen) atoms. The van der Waals surface area contributed by atoms with Crippen LogP contribution in [0.5, 0.6) is 11.5 Å². The third-order valence-corrected chi connectivity index (χ3v) is 6.46. The van der Waals surface area contributed by atoms with Crippen LogP contribution in [-0.2, 0) is 6.54 Å². The smallest absolute Gasteiger partial charge is 0.259 e. The van der Waals surface area contributed by atoms with Gasteiger partial charge in [0.25, 0.3) is 11.6 Å². The Labute approximate surface area is 204 Å². The first-order valence-corrected chi connectivity index (χ1v) is 11.6. The molecule has 1 aliphatic heterocycles. The number of aromatic nitrogens is 2. The molecule has 180 valence electrons. The maximum absolute atomic E-state index is 13.7. The van der Waals surface area contributed by atoms with Crippen LogP contribution in [0.2, 0.25) is 0 Å². The van der Waals surface area contributed by atoms with Crippen LogP contribution in [0.4, 0.5) is 0 Å². The van der Waals surface area contributed by atoms with Gasteiger partial charge in [-0.05, 0) is 31.2 Å². The van der Waals surface area contributed by atoms with Crippen molar-refractivity contribution in [1.82, 2.24) is 19.9 Å². The van der Waals surface area contributed by atoms with Crippen LogP contribution in [0.25, 0.3) is 22.4 Å². The van der Waals surface area contributed by atoms with Crippen molar-refractivity contribution in [3.8, 4) is 22.8 Å². The monoisotopic (exact) mass is 472 g/mol. The van der Waals surface area contributed by atoms with E-state index in [-0.39, 0.29) is 5.91 Å². The second kappa shape index (κ2) is 9.76. The lowest BCUT2D eigenvalue weighted by Crippen LogP contribution is -2.48. The molecule has 0 unspecified atom stereocenters. The van der Waals surface area contributed by atoms with E-state index in [1.165, 1.54) is 0 Å². The van der Waals surface area contributed by atoms with Gasteiger partial charge in [0, 0.05) is 43.9 Å². The average Bonchev–Trinajstić information content (AvgIpc) is 3.29. The number of rotatable bonds is 6. The van der Waals surface area contributed by atoms with Gasteiger partial charge in [-0.1, -0.05) is 35.5 Å². The molecule has 0 radical (unpaired) electrons. The van der Waals surface area contributed by atoms with E-state index >= 15 is 0 Å². The van der Waals surface area contributed by atoms with Crippen LogP contribution in [0.1, 0.15) is 21.6 Å². The second-order valence-electron chi connectivity index (χ2n) is 8.62. The highest BCUT2D eigenvalue weighted by molar-refractivity contribution is 6.07. The summed E-state index contributed by atoms with van der Waals surface area (Å²) < 4.78 is 16.4. The molecular formula is C27H28N4O4. The number of aryl methyl sites for hydroxylation is 1. The van der Waals surface area contributed by atoms with Gasteiger partial charge in [-0.15, -0.1) is 0 Å². The van der Waals surface area contributed by atoms with Crippen LogP contribution in [0, 0.1) is 6.92 Å². The lowest BCUT2D eigenvalue weighted by atomic mass is 10.0. The third-order valence-electron chi connectivity index (χ3n) is 6.46. The number of fused-ring (bicyclic) bond motifs is 1. The van der Waals surface area contributed by atoms with E-state index < -0.39 is 0 Å². The number of nitrogens with zero attached hydrogens (tertiary/aromatic N) is 4. The van der Waals surface area contributed by atoms with Gasteiger partial charge in [0.05, 0.1) is 36.6 Å². The SMILES string of the molecule is COc1ccc(OC)c(CN2CCN(C(=O)c3cc(-c4ccccc4)nc4onc(C)c34)CC2)c1. The topological polar surface area (TPSA) is 80.9 Å². The highest BCUT2D eigenvalue weighted by Gasteiger charge is 2.27. The van der Waals surface area contributed by atoms with Crippen LogP contribution in [-0.4, -0.2) is 66.2 Å². The molecule has 3 heterocycles. The molecule has 5 rings (SSSR count). The molecule has 1 aliphatic rings. The maximum Gasteiger partial charge on any atom is 0.259 e. The van der Waals surface area contributed by atoms with Crippen molar-refractivity contribution in [1.29, 1.82) is 0 Å². The van der Waals surface area contributed by atoms with E-state index in [0.29, 0.717) is 41.1 Å². The highest BCUT2D eigenvalue weighted by Crippen LogP contribution is 2.29. The predicted octanol–water partition coefficient (Wildman–Crippen LogP) is 4.17. The predicted molar refractivity (Wildman–Crippen MR) is 133 cm³/mol. The Morgan fingerprint density at radius 3 is 2.49 bits per heavy atom. The lowest BCUT2D eigenvalue weighted by Gasteiger charge is -2.35. The molecule has 1 amide bonds. The molecule has 0 bridgehead atoms. The van der Waals surface area contributed by atoms with E-state index in [1.807, 2.05) is 66.4 Å². The molecule has 0 spiro atoms. The molecule has 8 heteroatoms. The Hall–Kier alpha value is -3.91. The van der Waals surface area contributed by atoms with Crippen molar-refractivity contribution in [2.45, 2.75) is 13.5 Å². The normalized spacial score (nSPS) is 14.3. The zero-order chi connectivity index (χ0) is 24.4. The van der Waals surface area contributed by atoms with Gasteiger partial charge < -0.3 is 18.9 Å². The summed E-state index contributed by atoms with van der Waals surface area (Å²) in [6, 6.07) is 17.5. The Kier molecular flexibility index (Phi) is 6.37. The second-order valence-corrected chi connectivity index (χ2v) is 8.62. The Morgan fingerprint density at radius 2 is 1.77 bits per heavy atom. The van der Waals surface area contributed by atoms with Gasteiger partial charge in [0.2, 0.25) is 0 Å². The molecule has 0 aliphatic carbocycles. The summed E-state index contributed by atoms with van der Waals surface area (Å²) in [5.41, 5.74) is 4.32. The largest absolute Gasteiger partial charge is 0.497 e. The summed E-state index contributed by atoms with van der Waals surface area (Å²) in [6.07, 6.45) is 0. The fraction of sp³-hybridized carbons (Fsp3) is 0.296. The first kappa shape index (κ1) is 22.9. The molecular weight excluding hydrogens is 444 g/mol. The van der Waals surface area contributed by atoms with Gasteiger partial charge in [0.1, 0.15) is 11.5 Å². The van der Waals surface area contributed by atoms with Crippen molar-refractivity contribution in [2.75, 3.05) is 40.4 Å². The number of benzene rings is 2. The number of amides is 1. The molecule has 1 saturated heterocycles. The Balaban J connectivity index is 1.35. The number of methoxy groups -OCH3 is 2. The summed E-state index contributed by atoms with van der Waals surface area (Å²) in [5, 5.41) is 4.75. The van der Waals surface area contributed by atoms with Gasteiger partial charge >= 0.3 is 0 Å². The van der Waals surface area contributed by atoms with Gasteiger partial charge in [-0.3, -0.25) is 9.69 Å². The van der Waals surface area contributed by atoms with Crippen LogP contribution >= 0.6 is 0 Å². The zero-order valence-electron chi connectivity index (χ0n) is 20.2. The number of carbonyl (C=O) groups excluding carboxylic acids is 1. The van der Waals surface area contributed by atoms with E-state index in [2.05, 4.69) is 15.0 Å². The van der Waals surface area contributed by atoms with Gasteiger partial charge in [0.15, 0.2) is 0 Å². The minimum absolute atomic E-state index is 0.0282. The summed E-state index contributed by atoms with van der Waals surface area (Å²) in [4.78, 5) is 22.5. The van der Waals surface area contributed by atoms with Crippen molar-refractivity contribution in [3.05, 3.63) is 71.4 Å². The fourth-order valence-electron chi connectivity index (χ4n) is 4.55. The fourth-order valence-corrected chi connectivity index (χ4v) is 4.55. The van der Waals surface area contributed by atoms with Crippen molar-refractivity contribution in [2.24, 2.45) is 0 Å². The molecule has 4 aromatic rings. The van der Waals surface area contributed by atoms with E-state index in [9.17, 15) is 4.79 Å². The van der Waals surface area contributed by atoms with Crippen LogP contribution in [0.3, 0.4) is 0 Å². The summed E-state index contributed by atoms with van der Waals surface area (Å²) in [7, 11) is 3.33. The molecule has 0 atom stereocenters. The number of hydrogen-bond acceptors (Lipinski definition) is 7. The third kappa shape index (κ3) is 4.57. The quantitative estimate of drug-likeness (QED) is 0.417. The summed E-state index contributed by atoms with van der Waals surface area (Å²) >= 11 is 0. The minimum Gasteiger partial charge on any atom is -0.497 e. The zero-order valence-corrected chi connectivity index (χ0v) is 20.2. The molecule has 1 fully saturated rings. The molecule has 2 aromatic heterocycles. The molecule has 2 aromatic carbocycles. The number of piperazine rings is 1. The first-order valence-electron chi connectivity index (χ1n) is 11.6. The highest BCUT2D eigenvalue weighted by atomic mass is 16.5. The minimum atomic E-state index is -0.0282. The maximum atomic E-state index is 13.7. The first-order chi connectivity index (χ1) is 17.1. The van der Waals surface area contributed by atoms with Crippen LogP contribution < -0.4 is 9.47 Å². The standard InChI is InChI=1S/C27H28N4O4/c1-18-25-22(16-23(28-26(25)35-29-18)19-7-5-4-6-8-19)27(32)31-13-11-30(12-14-31)17-20-15-21(33-2)9-10-24(20)34-3/h4-10,15-16H,11-14,17H2,1-3H3. The molecule has 0 N–H and O–H groups in total. The Bertz CT molecular complexity index is 1340.